The van der Waals surface area contributed by atoms with Gasteiger partial charge in [0.05, 0.1) is 11.0 Å². The second-order valence-corrected chi connectivity index (χ2v) is 11.0. The summed E-state index contributed by atoms with van der Waals surface area (Å²) in [5.74, 6) is 0.597. The maximum atomic E-state index is 6.56. The molecule has 6 aromatic carbocycles. The van der Waals surface area contributed by atoms with E-state index in [0.29, 0.717) is 11.5 Å². The normalized spacial score (nSPS) is 12.2. The minimum absolute atomic E-state index is 0.597. The topological polar surface area (TPSA) is 57.0 Å². The van der Waals surface area contributed by atoms with Gasteiger partial charge in [0.15, 0.2) is 5.58 Å². The Labute approximate surface area is 244 Å². The molecule has 10 aromatic rings. The predicted octanol–water partition coefficient (Wildman–Crippen LogP) is 10.2. The first kappa shape index (κ1) is 22.7. The highest BCUT2D eigenvalue weighted by molar-refractivity contribution is 6.29. The molecule has 5 nitrogen and oxygen atoms in total. The molecule has 0 saturated carbocycles. The monoisotopic (exact) mass is 551 g/mol. The molecule has 0 radical (unpaired) electrons. The van der Waals surface area contributed by atoms with Crippen LogP contribution in [0.4, 0.5) is 0 Å². The van der Waals surface area contributed by atoms with Crippen molar-refractivity contribution in [3.05, 3.63) is 127 Å². The molecule has 43 heavy (non-hydrogen) atoms. The van der Waals surface area contributed by atoms with Gasteiger partial charge in [-0.25, -0.2) is 9.97 Å². The molecule has 0 aliphatic rings. The average Bonchev–Trinajstić information content (AvgIpc) is 3.74. The molecular formula is C38H21N3O2. The molecule has 0 amide bonds. The summed E-state index contributed by atoms with van der Waals surface area (Å²) in [6.07, 6.45) is 0. The Bertz CT molecular complexity index is 2730. The Balaban J connectivity index is 1.39. The van der Waals surface area contributed by atoms with E-state index >= 15 is 0 Å². The van der Waals surface area contributed by atoms with Crippen LogP contribution in [0.15, 0.2) is 136 Å². The first-order chi connectivity index (χ1) is 21.3. The van der Waals surface area contributed by atoms with Crippen LogP contribution in [-0.4, -0.2) is 14.5 Å². The fourth-order valence-corrected chi connectivity index (χ4v) is 6.74. The highest BCUT2D eigenvalue weighted by Gasteiger charge is 2.23. The summed E-state index contributed by atoms with van der Waals surface area (Å²) in [5.41, 5.74) is 7.86. The number of nitrogens with zero attached hydrogens (tertiary/aromatic N) is 3. The van der Waals surface area contributed by atoms with Crippen LogP contribution in [-0.2, 0) is 0 Å². The van der Waals surface area contributed by atoms with Gasteiger partial charge in [-0.05, 0) is 41.8 Å². The third-order valence-corrected chi connectivity index (χ3v) is 8.62. The average molecular weight is 552 g/mol. The second kappa shape index (κ2) is 8.30. The molecule has 0 bridgehead atoms. The van der Waals surface area contributed by atoms with Gasteiger partial charge in [0.2, 0.25) is 5.95 Å². The third-order valence-electron chi connectivity index (χ3n) is 8.62. The van der Waals surface area contributed by atoms with Crippen molar-refractivity contribution < 1.29 is 8.83 Å². The molecule has 200 valence electrons. The quantitative estimate of drug-likeness (QED) is 0.214. The van der Waals surface area contributed by atoms with Crippen molar-refractivity contribution in [2.24, 2.45) is 0 Å². The molecule has 0 atom stereocenters. The zero-order valence-corrected chi connectivity index (χ0v) is 22.8. The number of rotatable bonds is 2. The largest absolute Gasteiger partial charge is 0.455 e. The summed E-state index contributed by atoms with van der Waals surface area (Å²) in [4.78, 5) is 10.4. The third kappa shape index (κ3) is 3.05. The SMILES string of the molecule is c1ccc(-c2nc(-n3c4ccccc4c4c5c(ccc6c7ccccc7oc65)ccc43)nc3c2oc2ccccc23)cc1. The first-order valence-corrected chi connectivity index (χ1v) is 14.3. The van der Waals surface area contributed by atoms with Crippen LogP contribution in [0, 0.1) is 0 Å². The maximum absolute atomic E-state index is 6.56. The van der Waals surface area contributed by atoms with E-state index in [0.717, 1.165) is 82.3 Å². The van der Waals surface area contributed by atoms with Gasteiger partial charge in [-0.15, -0.1) is 0 Å². The van der Waals surface area contributed by atoms with Gasteiger partial charge in [0.1, 0.15) is 28.0 Å². The Kier molecular flexibility index (Phi) is 4.39. The molecular weight excluding hydrogens is 530 g/mol. The minimum atomic E-state index is 0.597. The van der Waals surface area contributed by atoms with Gasteiger partial charge >= 0.3 is 0 Å². The van der Waals surface area contributed by atoms with Crippen molar-refractivity contribution in [2.45, 2.75) is 0 Å². The molecule has 5 heteroatoms. The smallest absolute Gasteiger partial charge is 0.236 e. The number of para-hydroxylation sites is 3. The predicted molar refractivity (Wildman–Crippen MR) is 174 cm³/mol. The number of aromatic nitrogens is 3. The van der Waals surface area contributed by atoms with Gasteiger partial charge in [-0.2, -0.15) is 0 Å². The number of benzene rings is 6. The van der Waals surface area contributed by atoms with Crippen molar-refractivity contribution >= 4 is 76.6 Å². The highest BCUT2D eigenvalue weighted by atomic mass is 16.3. The standard InChI is InChI=1S/C38H21N3O2/c1-2-10-23(11-3-1)34-37-35(27-14-6-9-17-31(27)43-37)40-38(39-34)41-28-15-7-4-13-26(28)33-29(41)21-19-22-18-20-25-24-12-5-8-16-30(24)42-36(25)32(22)33/h1-21H. The van der Waals surface area contributed by atoms with Crippen molar-refractivity contribution in [3.8, 4) is 17.2 Å². The fraction of sp³-hybridized carbons (Fsp3) is 0. The Morgan fingerprint density at radius 2 is 1.14 bits per heavy atom. The van der Waals surface area contributed by atoms with Gasteiger partial charge in [-0.3, -0.25) is 4.57 Å². The molecule has 0 unspecified atom stereocenters. The number of furan rings is 2. The summed E-state index contributed by atoms with van der Waals surface area (Å²) in [7, 11) is 0. The molecule has 0 aliphatic heterocycles. The molecule has 4 aromatic heterocycles. The lowest BCUT2D eigenvalue weighted by atomic mass is 10.0. The van der Waals surface area contributed by atoms with Gasteiger partial charge < -0.3 is 8.83 Å². The van der Waals surface area contributed by atoms with Crippen LogP contribution in [0.3, 0.4) is 0 Å². The summed E-state index contributed by atoms with van der Waals surface area (Å²) < 4.78 is 15.1. The van der Waals surface area contributed by atoms with Gasteiger partial charge in [0.25, 0.3) is 0 Å². The van der Waals surface area contributed by atoms with E-state index in [4.69, 9.17) is 18.8 Å². The zero-order valence-electron chi connectivity index (χ0n) is 22.8. The van der Waals surface area contributed by atoms with E-state index in [-0.39, 0.29) is 0 Å². The first-order valence-electron chi connectivity index (χ1n) is 14.3. The lowest BCUT2D eigenvalue weighted by molar-refractivity contribution is 0.666. The molecule has 4 heterocycles. The fourth-order valence-electron chi connectivity index (χ4n) is 6.74. The van der Waals surface area contributed by atoms with E-state index in [1.54, 1.807) is 0 Å². The van der Waals surface area contributed by atoms with Crippen LogP contribution < -0.4 is 0 Å². The molecule has 0 spiro atoms. The summed E-state index contributed by atoms with van der Waals surface area (Å²) >= 11 is 0. The number of hydrogen-bond acceptors (Lipinski definition) is 4. The van der Waals surface area contributed by atoms with Crippen LogP contribution in [0.25, 0.3) is 93.8 Å². The Hall–Kier alpha value is -5.94. The molecule has 10 rings (SSSR count). The van der Waals surface area contributed by atoms with Gasteiger partial charge in [0, 0.05) is 37.9 Å². The van der Waals surface area contributed by atoms with Crippen LogP contribution in [0.2, 0.25) is 0 Å². The Morgan fingerprint density at radius 1 is 0.465 bits per heavy atom. The van der Waals surface area contributed by atoms with E-state index in [1.165, 1.54) is 0 Å². The molecule has 0 N–H and O–H groups in total. The molecule has 0 fully saturated rings. The van der Waals surface area contributed by atoms with Crippen molar-refractivity contribution in [1.82, 2.24) is 14.5 Å². The summed E-state index contributed by atoms with van der Waals surface area (Å²) in [6.45, 7) is 0. The highest BCUT2D eigenvalue weighted by Crippen LogP contribution is 2.42. The lowest BCUT2D eigenvalue weighted by Crippen LogP contribution is -2.02. The maximum Gasteiger partial charge on any atom is 0.236 e. The Morgan fingerprint density at radius 3 is 2.00 bits per heavy atom. The van der Waals surface area contributed by atoms with Crippen LogP contribution in [0.5, 0.6) is 0 Å². The minimum Gasteiger partial charge on any atom is -0.455 e. The summed E-state index contributed by atoms with van der Waals surface area (Å²) in [6, 6.07) is 43.7. The summed E-state index contributed by atoms with van der Waals surface area (Å²) in [5, 5.41) is 7.67. The van der Waals surface area contributed by atoms with E-state index in [1.807, 2.05) is 48.5 Å². The molecule has 0 aliphatic carbocycles. The van der Waals surface area contributed by atoms with E-state index in [9.17, 15) is 0 Å². The van der Waals surface area contributed by atoms with Gasteiger partial charge in [-0.1, -0.05) is 91.0 Å². The van der Waals surface area contributed by atoms with Crippen LogP contribution in [0.1, 0.15) is 0 Å². The second-order valence-electron chi connectivity index (χ2n) is 11.0. The van der Waals surface area contributed by atoms with E-state index in [2.05, 4.69) is 83.4 Å². The zero-order chi connectivity index (χ0) is 28.1. The van der Waals surface area contributed by atoms with E-state index < -0.39 is 0 Å². The van der Waals surface area contributed by atoms with Crippen molar-refractivity contribution in [1.29, 1.82) is 0 Å². The number of fused-ring (bicyclic) bond motifs is 12. The molecule has 0 saturated heterocycles. The lowest BCUT2D eigenvalue weighted by Gasteiger charge is -2.09. The van der Waals surface area contributed by atoms with Crippen molar-refractivity contribution in [2.75, 3.05) is 0 Å². The number of hydrogen-bond donors (Lipinski definition) is 0. The van der Waals surface area contributed by atoms with Crippen molar-refractivity contribution in [3.63, 3.8) is 0 Å². The van der Waals surface area contributed by atoms with Crippen LogP contribution >= 0.6 is 0 Å².